The summed E-state index contributed by atoms with van der Waals surface area (Å²) in [5.41, 5.74) is -7.63. The maximum atomic E-state index is 17.5. The number of fused-ring (bicyclic) bond motifs is 18. The summed E-state index contributed by atoms with van der Waals surface area (Å²) in [6.07, 6.45) is 0. The number of hydrogen-bond donors (Lipinski definition) is 4. The molecule has 1 atom stereocenters. The number of amidine groups is 4. The lowest BCUT2D eigenvalue weighted by Crippen LogP contribution is -2.43. The molecule has 24 heteroatoms. The number of H-pyrrole nitrogens is 2. The standard InChI is InChI=1S/C38H10F15N9/c39-9-6-8-10(18(41)17(9)40)31-54-30(8)55-36-15-16(38(53,29(52)28(51)23(15)46)62-7-4-2-1-3-5-7)37(61-36)60-35-14-13(21(44)26(49)27(50)22(14)45)34(59-35)58-33-12-11(32(56-31)57-33)19(42)24(47)25(48)20(12)43/h1-6,57,62H,(H,58,59,60)(H,54,55,56,61). The first-order chi connectivity index (χ1) is 29.4. The summed E-state index contributed by atoms with van der Waals surface area (Å²) < 4.78 is 232. The van der Waals surface area contributed by atoms with Gasteiger partial charge in [-0.05, 0) is 18.2 Å². The van der Waals surface area contributed by atoms with Gasteiger partial charge in [-0.15, -0.1) is 0 Å². The van der Waals surface area contributed by atoms with Gasteiger partial charge in [-0.2, -0.15) is 0 Å². The molecule has 9 nitrogen and oxygen atoms in total. The topological polar surface area (TPSA) is 117 Å². The molecular weight excluding hydrogens is 867 g/mol. The van der Waals surface area contributed by atoms with Crippen LogP contribution in [0, 0.1) is 64.0 Å². The van der Waals surface area contributed by atoms with Gasteiger partial charge in [0.1, 0.15) is 28.8 Å². The fourth-order valence-corrected chi connectivity index (χ4v) is 7.27. The van der Waals surface area contributed by atoms with Gasteiger partial charge in [-0.25, -0.2) is 90.8 Å². The van der Waals surface area contributed by atoms with E-state index in [4.69, 9.17) is 0 Å². The van der Waals surface area contributed by atoms with E-state index in [0.717, 1.165) is 12.1 Å². The van der Waals surface area contributed by atoms with E-state index in [1.54, 1.807) is 0 Å². The Morgan fingerprint density at radius 1 is 0.516 bits per heavy atom. The van der Waals surface area contributed by atoms with E-state index in [0.29, 0.717) is 0 Å². The third-order valence-corrected chi connectivity index (χ3v) is 9.98. The van der Waals surface area contributed by atoms with Crippen LogP contribution in [0.4, 0.5) is 89.0 Å². The van der Waals surface area contributed by atoms with Crippen LogP contribution in [0.25, 0.3) is 16.6 Å². The first-order valence-corrected chi connectivity index (χ1v) is 17.1. The second-order valence-electron chi connectivity index (χ2n) is 13.4. The summed E-state index contributed by atoms with van der Waals surface area (Å²) in [6, 6.07) is 6.57. The lowest BCUT2D eigenvalue weighted by atomic mass is 9.96. The molecule has 3 aliphatic heterocycles. The van der Waals surface area contributed by atoms with Crippen LogP contribution in [0.5, 0.6) is 0 Å². The molecule has 312 valence electrons. The van der Waals surface area contributed by atoms with Crippen molar-refractivity contribution in [1.29, 1.82) is 0 Å². The maximum Gasteiger partial charge on any atom is 0.265 e. The van der Waals surface area contributed by atoms with E-state index in [-0.39, 0.29) is 11.8 Å². The molecule has 10 rings (SSSR count). The minimum Gasteiger partial charge on any atom is -0.344 e. The molecule has 6 aromatic rings. The van der Waals surface area contributed by atoms with Crippen molar-refractivity contribution in [3.05, 3.63) is 151 Å². The van der Waals surface area contributed by atoms with Crippen molar-refractivity contribution < 1.29 is 65.9 Å². The number of aromatic amines is 2. The average Bonchev–Trinajstić information content (AvgIpc) is 3.99. The molecule has 8 bridgehead atoms. The number of alkyl halides is 1. The first kappa shape index (κ1) is 38.5. The van der Waals surface area contributed by atoms with Gasteiger partial charge >= 0.3 is 0 Å². The monoisotopic (exact) mass is 877 g/mol. The van der Waals surface area contributed by atoms with Gasteiger partial charge in [-0.3, -0.25) is 0 Å². The van der Waals surface area contributed by atoms with E-state index in [1.165, 1.54) is 18.2 Å². The van der Waals surface area contributed by atoms with Crippen molar-refractivity contribution in [2.75, 3.05) is 10.6 Å². The summed E-state index contributed by atoms with van der Waals surface area (Å²) in [5, 5.41) is 0.0524. The Morgan fingerprint density at radius 2 is 1.08 bits per heavy atom. The summed E-state index contributed by atoms with van der Waals surface area (Å²) in [6.45, 7) is 0. The molecular formula is C38H10F15N9. The number of aromatic nitrogens is 2. The number of aliphatic imine (C=N–C) groups is 4. The highest BCUT2D eigenvalue weighted by Gasteiger charge is 2.50. The molecule has 0 radical (unpaired) electrons. The van der Waals surface area contributed by atoms with Gasteiger partial charge in [0, 0.05) is 11.3 Å². The van der Waals surface area contributed by atoms with Gasteiger partial charge in [-0.1, -0.05) is 18.2 Å². The number of nitrogens with zero attached hydrogens (tertiary/aromatic N) is 5. The molecule has 0 saturated heterocycles. The van der Waals surface area contributed by atoms with Crippen LogP contribution in [0.3, 0.4) is 0 Å². The Kier molecular flexibility index (Phi) is 8.03. The van der Waals surface area contributed by atoms with Crippen molar-refractivity contribution in [3.8, 4) is 0 Å². The summed E-state index contributed by atoms with van der Waals surface area (Å²) >= 11 is 0. The summed E-state index contributed by atoms with van der Waals surface area (Å²) in [7, 11) is 0. The van der Waals surface area contributed by atoms with Crippen LogP contribution in [0.1, 0.15) is 27.8 Å². The molecule has 62 heavy (non-hydrogen) atoms. The highest BCUT2D eigenvalue weighted by Crippen LogP contribution is 2.46. The van der Waals surface area contributed by atoms with E-state index in [2.05, 4.69) is 40.2 Å². The largest absolute Gasteiger partial charge is 0.344 e. The summed E-state index contributed by atoms with van der Waals surface area (Å²) in [5.74, 6) is -44.6. The molecule has 0 spiro atoms. The van der Waals surface area contributed by atoms with Crippen molar-refractivity contribution in [2.45, 2.75) is 5.79 Å². The van der Waals surface area contributed by atoms with Crippen LogP contribution in [-0.4, -0.2) is 33.3 Å². The third kappa shape index (κ3) is 5.05. The number of anilines is 2. The van der Waals surface area contributed by atoms with Crippen LogP contribution >= 0.6 is 0 Å². The van der Waals surface area contributed by atoms with Crippen molar-refractivity contribution in [1.82, 2.24) is 9.97 Å². The van der Waals surface area contributed by atoms with Gasteiger partial charge in [0.15, 0.2) is 93.2 Å². The number of hydrogen-bond acceptors (Lipinski definition) is 7. The number of benzene rings is 4. The van der Waals surface area contributed by atoms with Gasteiger partial charge < -0.3 is 20.6 Å². The minimum atomic E-state index is -4.04. The molecule has 1 aliphatic carbocycles. The number of halogens is 15. The quantitative estimate of drug-likeness (QED) is 0.0602. The predicted molar refractivity (Wildman–Crippen MR) is 188 cm³/mol. The second-order valence-corrected chi connectivity index (χ2v) is 13.4. The van der Waals surface area contributed by atoms with Gasteiger partial charge in [0.05, 0.1) is 38.2 Å². The van der Waals surface area contributed by atoms with Crippen LogP contribution in [0.15, 0.2) is 73.0 Å². The second kappa shape index (κ2) is 12.9. The molecule has 0 saturated carbocycles. The molecule has 2 aromatic heterocycles. The zero-order valence-corrected chi connectivity index (χ0v) is 29.4. The van der Waals surface area contributed by atoms with E-state index in [9.17, 15) is 26.3 Å². The van der Waals surface area contributed by atoms with E-state index >= 15 is 39.5 Å². The van der Waals surface area contributed by atoms with Crippen LogP contribution in [-0.2, 0) is 5.79 Å². The zero-order chi connectivity index (χ0) is 44.0. The maximum absolute atomic E-state index is 17.5. The van der Waals surface area contributed by atoms with Gasteiger partial charge in [0.25, 0.3) is 5.79 Å². The molecule has 4 aliphatic rings. The van der Waals surface area contributed by atoms with Gasteiger partial charge in [0.2, 0.25) is 5.83 Å². The fourth-order valence-electron chi connectivity index (χ4n) is 7.27. The number of para-hydroxylation sites is 1. The molecule has 1 unspecified atom stereocenters. The Balaban J connectivity index is 1.38. The normalized spacial score (nSPS) is 19.8. The van der Waals surface area contributed by atoms with Crippen molar-refractivity contribution >= 4 is 63.1 Å². The molecule has 4 aromatic carbocycles. The lowest BCUT2D eigenvalue weighted by Gasteiger charge is -2.29. The first-order valence-electron chi connectivity index (χ1n) is 17.1. The zero-order valence-electron chi connectivity index (χ0n) is 29.4. The Bertz CT molecular complexity index is 3420. The Labute approximate surface area is 330 Å². The smallest absolute Gasteiger partial charge is 0.265 e. The highest BCUT2D eigenvalue weighted by molar-refractivity contribution is 6.27. The van der Waals surface area contributed by atoms with E-state index < -0.39 is 177 Å². The number of rotatable bonds is 2. The fraction of sp³-hybridized carbons (Fsp3) is 0.0263. The molecule has 0 fully saturated rings. The van der Waals surface area contributed by atoms with Crippen molar-refractivity contribution in [2.24, 2.45) is 25.0 Å². The number of nitrogens with one attached hydrogen (secondary N) is 4. The van der Waals surface area contributed by atoms with E-state index in [1.807, 2.05) is 5.32 Å². The lowest BCUT2D eigenvalue weighted by molar-refractivity contribution is 0.201. The average molecular weight is 878 g/mol. The van der Waals surface area contributed by atoms with Crippen LogP contribution in [0.2, 0.25) is 0 Å². The predicted octanol–water partition coefficient (Wildman–Crippen LogP) is 8.92. The molecule has 5 heterocycles. The highest BCUT2D eigenvalue weighted by atomic mass is 19.2. The minimum absolute atomic E-state index is 0.257. The Hall–Kier alpha value is -7.66. The SMILES string of the molecule is FC1=C(F)C(F)(Nc2ccccc2)c2c3[nH]/c(c2=C1F)=N\C1=NC(=N\c2[nH]c(c4c(F)c(F)c(F)c(F)c24)/N=C2\N=C(N3)c3c(F)c(F)c(F)c(F)c32)/c2c1cc(F)c(F)c2F. The van der Waals surface area contributed by atoms with Crippen LogP contribution < -0.4 is 21.3 Å². The number of allylic oxidation sites excluding steroid dienone is 1. The molecule has 4 N–H and O–H groups in total. The summed E-state index contributed by atoms with van der Waals surface area (Å²) in [4.78, 5) is 23.3. The molecule has 0 amide bonds. The van der Waals surface area contributed by atoms with Crippen molar-refractivity contribution in [3.63, 3.8) is 0 Å². The third-order valence-electron chi connectivity index (χ3n) is 9.98. The Morgan fingerprint density at radius 3 is 1.71 bits per heavy atom.